The molecule has 1 unspecified atom stereocenters. The van der Waals surface area contributed by atoms with Gasteiger partial charge in [0.1, 0.15) is 10.8 Å². The average Bonchev–Trinajstić information content (AvgIpc) is 2.94. The lowest BCUT2D eigenvalue weighted by molar-refractivity contribution is 0.411. The first-order chi connectivity index (χ1) is 10.1. The van der Waals surface area contributed by atoms with Gasteiger partial charge in [0.05, 0.1) is 18.8 Å². The molecule has 1 N–H and O–H groups in total. The van der Waals surface area contributed by atoms with E-state index in [2.05, 4.69) is 50.5 Å². The van der Waals surface area contributed by atoms with E-state index in [9.17, 15) is 0 Å². The summed E-state index contributed by atoms with van der Waals surface area (Å²) in [6, 6.07) is 6.49. The van der Waals surface area contributed by atoms with Crippen LogP contribution in [0.5, 0.6) is 5.75 Å². The largest absolute Gasteiger partial charge is 0.496 e. The molecule has 1 aromatic carbocycles. The van der Waals surface area contributed by atoms with Crippen LogP contribution in [0.3, 0.4) is 0 Å². The molecule has 0 amide bonds. The third-order valence-electron chi connectivity index (χ3n) is 3.54. The summed E-state index contributed by atoms with van der Waals surface area (Å²) < 4.78 is 5.35. The summed E-state index contributed by atoms with van der Waals surface area (Å²) in [5, 5.41) is 6.84. The van der Waals surface area contributed by atoms with Crippen LogP contribution in [0.2, 0.25) is 0 Å². The summed E-state index contributed by atoms with van der Waals surface area (Å²) in [6.07, 6.45) is 0. The highest BCUT2D eigenvalue weighted by atomic mass is 32.1. The van der Waals surface area contributed by atoms with Gasteiger partial charge in [-0.3, -0.25) is 0 Å². The molecular weight excluding hydrogens is 280 g/mol. The number of hydrogen-bond acceptors (Lipinski definition) is 4. The van der Waals surface area contributed by atoms with Gasteiger partial charge < -0.3 is 10.1 Å². The van der Waals surface area contributed by atoms with Crippen LogP contribution >= 0.6 is 11.3 Å². The van der Waals surface area contributed by atoms with E-state index >= 15 is 0 Å². The molecule has 4 heteroatoms. The number of nitrogens with zero attached hydrogens (tertiary/aromatic N) is 1. The Labute approximate surface area is 131 Å². The predicted octanol–water partition coefficient (Wildman–Crippen LogP) is 4.28. The number of hydrogen-bond donors (Lipinski definition) is 1. The fourth-order valence-electron chi connectivity index (χ4n) is 2.33. The summed E-state index contributed by atoms with van der Waals surface area (Å²) in [5.41, 5.74) is 3.56. The molecular formula is C17H24N2OS. The van der Waals surface area contributed by atoms with E-state index < -0.39 is 0 Å². The number of ether oxygens (including phenoxy) is 1. The molecule has 0 radical (unpaired) electrons. The van der Waals surface area contributed by atoms with Gasteiger partial charge in [-0.15, -0.1) is 11.3 Å². The van der Waals surface area contributed by atoms with Crippen LogP contribution < -0.4 is 10.1 Å². The minimum Gasteiger partial charge on any atom is -0.496 e. The van der Waals surface area contributed by atoms with Gasteiger partial charge in [0, 0.05) is 5.38 Å². The van der Waals surface area contributed by atoms with Crippen LogP contribution in [0.25, 0.3) is 0 Å². The van der Waals surface area contributed by atoms with Crippen molar-refractivity contribution in [3.8, 4) is 5.75 Å². The third kappa shape index (κ3) is 3.63. The summed E-state index contributed by atoms with van der Waals surface area (Å²) in [7, 11) is 1.71. The first kappa shape index (κ1) is 16.0. The highest BCUT2D eigenvalue weighted by molar-refractivity contribution is 7.09. The average molecular weight is 304 g/mol. The summed E-state index contributed by atoms with van der Waals surface area (Å²) >= 11 is 1.73. The lowest BCUT2D eigenvalue weighted by atomic mass is 10.0. The second-order valence-electron chi connectivity index (χ2n) is 5.49. The van der Waals surface area contributed by atoms with Gasteiger partial charge in [-0.05, 0) is 36.6 Å². The molecule has 0 aliphatic rings. The van der Waals surface area contributed by atoms with E-state index in [1.165, 1.54) is 11.3 Å². The Kier molecular flexibility index (Phi) is 5.37. The Bertz CT molecular complexity index is 592. The van der Waals surface area contributed by atoms with Gasteiger partial charge in [-0.25, -0.2) is 4.98 Å². The second-order valence-corrected chi connectivity index (χ2v) is 6.37. The van der Waals surface area contributed by atoms with Crippen molar-refractivity contribution in [3.63, 3.8) is 0 Å². The predicted molar refractivity (Wildman–Crippen MR) is 89.5 cm³/mol. The van der Waals surface area contributed by atoms with Crippen molar-refractivity contribution in [2.45, 2.75) is 39.7 Å². The van der Waals surface area contributed by atoms with Crippen molar-refractivity contribution >= 4 is 11.3 Å². The van der Waals surface area contributed by atoms with Crippen LogP contribution in [0.4, 0.5) is 0 Å². The van der Waals surface area contributed by atoms with Gasteiger partial charge in [0.15, 0.2) is 0 Å². The Morgan fingerprint density at radius 2 is 2.10 bits per heavy atom. The summed E-state index contributed by atoms with van der Waals surface area (Å²) in [4.78, 5) is 4.80. The first-order valence-electron chi connectivity index (χ1n) is 7.40. The van der Waals surface area contributed by atoms with Crippen LogP contribution in [0.15, 0.2) is 23.6 Å². The smallest absolute Gasteiger partial charge is 0.121 e. The minimum absolute atomic E-state index is 0.150. The molecule has 0 bridgehead atoms. The Morgan fingerprint density at radius 3 is 2.62 bits per heavy atom. The number of methoxy groups -OCH3 is 1. The first-order valence-corrected chi connectivity index (χ1v) is 8.28. The van der Waals surface area contributed by atoms with Gasteiger partial charge in [0.25, 0.3) is 0 Å². The van der Waals surface area contributed by atoms with Crippen molar-refractivity contribution < 1.29 is 4.74 Å². The number of aromatic nitrogens is 1. The monoisotopic (exact) mass is 304 g/mol. The highest BCUT2D eigenvalue weighted by Crippen LogP contribution is 2.30. The van der Waals surface area contributed by atoms with E-state index in [1.54, 1.807) is 18.4 Å². The SMILES string of the molecule is CCNC(c1ccc(OC)c(C)c1)c1nc(C(C)C)cs1. The normalized spacial score (nSPS) is 12.7. The van der Waals surface area contributed by atoms with Crippen molar-refractivity contribution in [2.24, 2.45) is 0 Å². The standard InChI is InChI=1S/C17H24N2OS/c1-6-18-16(17-19-14(10-21-17)11(2)3)13-7-8-15(20-5)12(4)9-13/h7-11,16,18H,6H2,1-5H3. The molecule has 114 valence electrons. The van der Waals surface area contributed by atoms with Gasteiger partial charge >= 0.3 is 0 Å². The van der Waals surface area contributed by atoms with Crippen molar-refractivity contribution in [1.29, 1.82) is 0 Å². The molecule has 21 heavy (non-hydrogen) atoms. The molecule has 0 fully saturated rings. The van der Waals surface area contributed by atoms with Crippen LogP contribution in [0.1, 0.15) is 54.6 Å². The van der Waals surface area contributed by atoms with Crippen molar-refractivity contribution in [1.82, 2.24) is 10.3 Å². The highest BCUT2D eigenvalue weighted by Gasteiger charge is 2.18. The summed E-state index contributed by atoms with van der Waals surface area (Å²) in [5.74, 6) is 1.39. The van der Waals surface area contributed by atoms with Gasteiger partial charge in [-0.2, -0.15) is 0 Å². The molecule has 0 aliphatic heterocycles. The third-order valence-corrected chi connectivity index (χ3v) is 4.47. The molecule has 2 rings (SSSR count). The fraction of sp³-hybridized carbons (Fsp3) is 0.471. The fourth-order valence-corrected chi connectivity index (χ4v) is 3.41. The molecule has 0 aliphatic carbocycles. The zero-order chi connectivity index (χ0) is 15.4. The van der Waals surface area contributed by atoms with Gasteiger partial charge in [0.2, 0.25) is 0 Å². The molecule has 0 saturated carbocycles. The van der Waals surface area contributed by atoms with Crippen LogP contribution in [0, 0.1) is 6.92 Å². The number of aryl methyl sites for hydroxylation is 1. The molecule has 1 atom stereocenters. The second kappa shape index (κ2) is 7.05. The molecule has 1 heterocycles. The Morgan fingerprint density at radius 1 is 1.33 bits per heavy atom. The summed E-state index contributed by atoms with van der Waals surface area (Å²) in [6.45, 7) is 9.47. The van der Waals surface area contributed by atoms with Crippen molar-refractivity contribution in [3.05, 3.63) is 45.4 Å². The number of rotatable bonds is 6. The number of nitrogens with one attached hydrogen (secondary N) is 1. The zero-order valence-corrected chi connectivity index (χ0v) is 14.3. The maximum absolute atomic E-state index is 5.35. The molecule has 2 aromatic rings. The lowest BCUT2D eigenvalue weighted by Gasteiger charge is -2.17. The minimum atomic E-state index is 0.150. The molecule has 0 spiro atoms. The maximum Gasteiger partial charge on any atom is 0.121 e. The number of benzene rings is 1. The van der Waals surface area contributed by atoms with Crippen molar-refractivity contribution in [2.75, 3.05) is 13.7 Å². The zero-order valence-electron chi connectivity index (χ0n) is 13.4. The lowest BCUT2D eigenvalue weighted by Crippen LogP contribution is -2.22. The Hall–Kier alpha value is -1.39. The van der Waals surface area contributed by atoms with E-state index in [1.807, 2.05) is 6.07 Å². The molecule has 3 nitrogen and oxygen atoms in total. The van der Waals surface area contributed by atoms with Crippen LogP contribution in [-0.2, 0) is 0 Å². The quantitative estimate of drug-likeness (QED) is 0.865. The molecule has 0 saturated heterocycles. The van der Waals surface area contributed by atoms with Gasteiger partial charge in [-0.1, -0.05) is 32.9 Å². The topological polar surface area (TPSA) is 34.1 Å². The Balaban J connectivity index is 2.35. The van der Waals surface area contributed by atoms with E-state index in [0.29, 0.717) is 5.92 Å². The molecule has 1 aromatic heterocycles. The number of thiazole rings is 1. The maximum atomic E-state index is 5.35. The van der Waals surface area contributed by atoms with E-state index in [-0.39, 0.29) is 6.04 Å². The van der Waals surface area contributed by atoms with Crippen LogP contribution in [-0.4, -0.2) is 18.6 Å². The van der Waals surface area contributed by atoms with E-state index in [0.717, 1.165) is 22.9 Å². The van der Waals surface area contributed by atoms with E-state index in [4.69, 9.17) is 9.72 Å².